The molecule has 2 aromatic heterocycles. The Hall–Kier alpha value is -1.82. The number of aromatic nitrogens is 3. The maximum atomic E-state index is 11.5. The van der Waals surface area contributed by atoms with Crippen molar-refractivity contribution in [1.82, 2.24) is 14.6 Å². The van der Waals surface area contributed by atoms with E-state index in [2.05, 4.69) is 14.8 Å². The van der Waals surface area contributed by atoms with Crippen LogP contribution < -0.4 is 4.74 Å². The van der Waals surface area contributed by atoms with Crippen LogP contribution in [0.15, 0.2) is 18.5 Å². The number of nitrogens with zero attached hydrogens (tertiary/aromatic N) is 3. The zero-order valence-corrected chi connectivity index (χ0v) is 9.14. The Morgan fingerprint density at radius 2 is 2.44 bits per heavy atom. The summed E-state index contributed by atoms with van der Waals surface area (Å²) < 4.78 is 11.1. The second-order valence-corrected chi connectivity index (χ2v) is 3.04. The molecule has 2 rings (SSSR count). The predicted octanol–water partition coefficient (Wildman–Crippen LogP) is 1.09. The molecule has 0 radical (unpaired) electrons. The van der Waals surface area contributed by atoms with Gasteiger partial charge in [-0.2, -0.15) is 5.10 Å². The number of halogens is 1. The summed E-state index contributed by atoms with van der Waals surface area (Å²) in [6, 6.07) is 1.44. The smallest absolute Gasteiger partial charge is 0.359 e. The fourth-order valence-electron chi connectivity index (χ4n) is 1.29. The number of carbonyl (C=O) groups is 1. The number of rotatable bonds is 3. The van der Waals surface area contributed by atoms with E-state index in [1.165, 1.54) is 24.0 Å². The van der Waals surface area contributed by atoms with Gasteiger partial charge < -0.3 is 9.47 Å². The first-order valence-corrected chi connectivity index (χ1v) is 4.91. The molecule has 0 aromatic carbocycles. The van der Waals surface area contributed by atoms with Crippen molar-refractivity contribution in [3.63, 3.8) is 0 Å². The number of alkyl halides is 1. The fourth-order valence-corrected chi connectivity index (χ4v) is 1.39. The van der Waals surface area contributed by atoms with Gasteiger partial charge in [0.15, 0.2) is 23.2 Å². The number of carbonyl (C=O) groups excluding carboxylic acids is 1. The van der Waals surface area contributed by atoms with Gasteiger partial charge in [-0.1, -0.05) is 11.6 Å². The molecule has 0 spiro atoms. The second kappa shape index (κ2) is 4.36. The summed E-state index contributed by atoms with van der Waals surface area (Å²) >= 11 is 5.31. The number of fused-ring (bicyclic) bond motifs is 1. The Labute approximate surface area is 95.7 Å². The van der Waals surface area contributed by atoms with Crippen LogP contribution in [0, 0.1) is 0 Å². The van der Waals surface area contributed by atoms with Gasteiger partial charge in [0.1, 0.15) is 0 Å². The molecule has 0 bridgehead atoms. The van der Waals surface area contributed by atoms with E-state index in [-0.39, 0.29) is 11.8 Å². The molecular weight excluding hydrogens is 234 g/mol. The number of hydrogen-bond acceptors (Lipinski definition) is 5. The van der Waals surface area contributed by atoms with Crippen LogP contribution in [-0.4, -0.2) is 33.7 Å². The normalized spacial score (nSPS) is 10.4. The van der Waals surface area contributed by atoms with Crippen molar-refractivity contribution in [3.05, 3.63) is 24.2 Å². The summed E-state index contributed by atoms with van der Waals surface area (Å²) in [6.45, 7) is 0. The highest BCUT2D eigenvalue weighted by Gasteiger charge is 2.16. The van der Waals surface area contributed by atoms with Crippen LogP contribution in [0.5, 0.6) is 5.75 Å². The van der Waals surface area contributed by atoms with Crippen LogP contribution in [0.1, 0.15) is 10.5 Å². The van der Waals surface area contributed by atoms with Crippen molar-refractivity contribution in [2.24, 2.45) is 0 Å². The van der Waals surface area contributed by atoms with E-state index in [0.717, 1.165) is 0 Å². The van der Waals surface area contributed by atoms with Crippen molar-refractivity contribution >= 4 is 23.2 Å². The monoisotopic (exact) mass is 241 g/mol. The van der Waals surface area contributed by atoms with Gasteiger partial charge in [0.25, 0.3) is 0 Å². The third-order valence-corrected chi connectivity index (χ3v) is 2.09. The van der Waals surface area contributed by atoms with E-state index in [0.29, 0.717) is 11.4 Å². The number of methoxy groups -OCH3 is 1. The van der Waals surface area contributed by atoms with Gasteiger partial charge in [0.05, 0.1) is 19.5 Å². The first-order chi connectivity index (χ1) is 7.77. The molecule has 0 saturated carbocycles. The van der Waals surface area contributed by atoms with Crippen LogP contribution in [0.2, 0.25) is 0 Å². The van der Waals surface area contributed by atoms with E-state index in [9.17, 15) is 4.79 Å². The van der Waals surface area contributed by atoms with Crippen molar-refractivity contribution in [2.75, 3.05) is 13.2 Å². The molecule has 0 saturated heterocycles. The first kappa shape index (κ1) is 10.7. The largest absolute Gasteiger partial charge is 0.493 e. The van der Waals surface area contributed by atoms with Crippen molar-refractivity contribution in [3.8, 4) is 5.75 Å². The minimum absolute atomic E-state index is 0.203. The molecule has 2 aromatic rings. The van der Waals surface area contributed by atoms with Crippen LogP contribution >= 0.6 is 11.6 Å². The lowest BCUT2D eigenvalue weighted by Crippen LogP contribution is -2.08. The van der Waals surface area contributed by atoms with E-state index in [1.807, 2.05) is 0 Å². The molecule has 0 atom stereocenters. The van der Waals surface area contributed by atoms with E-state index in [1.54, 1.807) is 6.07 Å². The Bertz CT molecular complexity index is 526. The molecule has 0 amide bonds. The Morgan fingerprint density at radius 3 is 3.12 bits per heavy atom. The minimum atomic E-state index is -0.580. The third kappa shape index (κ3) is 1.67. The summed E-state index contributed by atoms with van der Waals surface area (Å²) in [4.78, 5) is 15.5. The molecule has 0 fully saturated rings. The van der Waals surface area contributed by atoms with Gasteiger partial charge in [0, 0.05) is 6.07 Å². The Morgan fingerprint density at radius 1 is 1.62 bits per heavy atom. The number of hydrogen-bond donors (Lipinski definition) is 0. The summed E-state index contributed by atoms with van der Waals surface area (Å²) in [5.74, 6) is -0.0526. The zero-order chi connectivity index (χ0) is 11.5. The Kier molecular flexibility index (Phi) is 2.91. The molecule has 16 heavy (non-hydrogen) atoms. The van der Waals surface area contributed by atoms with Gasteiger partial charge in [-0.25, -0.2) is 14.3 Å². The van der Waals surface area contributed by atoms with Crippen LogP contribution in [0.4, 0.5) is 0 Å². The average Bonchev–Trinajstić information content (AvgIpc) is 2.72. The maximum Gasteiger partial charge on any atom is 0.359 e. The quantitative estimate of drug-likeness (QED) is 0.595. The summed E-state index contributed by atoms with van der Waals surface area (Å²) in [6.07, 6.45) is 2.87. The zero-order valence-electron chi connectivity index (χ0n) is 8.38. The van der Waals surface area contributed by atoms with E-state index < -0.39 is 5.97 Å². The van der Waals surface area contributed by atoms with Crippen LogP contribution in [0.25, 0.3) is 5.65 Å². The topological polar surface area (TPSA) is 65.7 Å². The highest BCUT2D eigenvalue weighted by molar-refractivity contribution is 6.17. The molecule has 0 aliphatic rings. The molecule has 0 unspecified atom stereocenters. The fraction of sp³-hybridized carbons (Fsp3) is 0.222. The van der Waals surface area contributed by atoms with E-state index >= 15 is 0 Å². The number of ether oxygens (including phenoxy) is 2. The highest BCUT2D eigenvalue weighted by atomic mass is 35.5. The summed E-state index contributed by atoms with van der Waals surface area (Å²) in [5, 5.41) is 3.98. The van der Waals surface area contributed by atoms with Crippen LogP contribution in [-0.2, 0) is 4.74 Å². The predicted molar refractivity (Wildman–Crippen MR) is 55.7 cm³/mol. The molecule has 0 N–H and O–H groups in total. The average molecular weight is 242 g/mol. The van der Waals surface area contributed by atoms with Gasteiger partial charge in [-0.15, -0.1) is 0 Å². The molecule has 6 nitrogen and oxygen atoms in total. The summed E-state index contributed by atoms with van der Waals surface area (Å²) in [5.41, 5.74) is 0.654. The number of esters is 1. The molecular formula is C9H8ClN3O3. The maximum absolute atomic E-state index is 11.5. The van der Waals surface area contributed by atoms with Gasteiger partial charge in [0.2, 0.25) is 0 Å². The molecule has 2 heterocycles. The van der Waals surface area contributed by atoms with Crippen molar-refractivity contribution in [1.29, 1.82) is 0 Å². The Balaban J connectivity index is 2.53. The molecule has 7 heteroatoms. The summed E-state index contributed by atoms with van der Waals surface area (Å²) in [7, 11) is 1.51. The molecule has 0 aliphatic carbocycles. The van der Waals surface area contributed by atoms with Crippen molar-refractivity contribution < 1.29 is 14.3 Å². The highest BCUT2D eigenvalue weighted by Crippen LogP contribution is 2.17. The first-order valence-electron chi connectivity index (χ1n) is 4.37. The van der Waals surface area contributed by atoms with E-state index in [4.69, 9.17) is 16.3 Å². The lowest BCUT2D eigenvalue weighted by Gasteiger charge is -2.02. The second-order valence-electron chi connectivity index (χ2n) is 2.82. The standard InChI is InChI=1S/C9H8ClN3O3/c1-15-7-2-3-12-13-6(4-11-8(7)13)9(14)16-5-10/h2-4H,5H2,1H3. The molecule has 0 aliphatic heterocycles. The number of imidazole rings is 1. The molecule has 84 valence electrons. The lowest BCUT2D eigenvalue weighted by molar-refractivity contribution is 0.0564. The van der Waals surface area contributed by atoms with Gasteiger partial charge >= 0.3 is 5.97 Å². The third-order valence-electron chi connectivity index (χ3n) is 1.98. The van der Waals surface area contributed by atoms with Crippen molar-refractivity contribution in [2.45, 2.75) is 0 Å². The van der Waals surface area contributed by atoms with Gasteiger partial charge in [-0.3, -0.25) is 0 Å². The van der Waals surface area contributed by atoms with Crippen LogP contribution in [0.3, 0.4) is 0 Å². The SMILES string of the molecule is COc1ccnn2c(C(=O)OCCl)cnc12. The lowest BCUT2D eigenvalue weighted by atomic mass is 10.5. The minimum Gasteiger partial charge on any atom is -0.493 e. The van der Waals surface area contributed by atoms with Gasteiger partial charge in [-0.05, 0) is 0 Å².